The molecule has 0 aromatic heterocycles. The Bertz CT molecular complexity index is 258. The number of carbonyl (C=O) groups excluding carboxylic acids is 1. The fourth-order valence-corrected chi connectivity index (χ4v) is 2.94. The number of thioether (sulfide) groups is 1. The molecule has 18 heavy (non-hydrogen) atoms. The smallest absolute Gasteiger partial charge is 0.410 e. The van der Waals surface area contributed by atoms with Crippen molar-refractivity contribution in [1.29, 1.82) is 0 Å². The molecule has 1 rings (SSSR count). The number of nitrogens with two attached hydrogens (primary N) is 1. The molecule has 2 N–H and O–H groups in total. The van der Waals surface area contributed by atoms with Crippen LogP contribution in [-0.4, -0.2) is 47.7 Å². The predicted molar refractivity (Wildman–Crippen MR) is 76.9 cm³/mol. The Kier molecular flexibility index (Phi) is 6.29. The van der Waals surface area contributed by atoms with Gasteiger partial charge >= 0.3 is 6.09 Å². The first-order valence-corrected chi connectivity index (χ1v) is 7.83. The van der Waals surface area contributed by atoms with E-state index in [1.807, 2.05) is 37.4 Å². The summed E-state index contributed by atoms with van der Waals surface area (Å²) in [6, 6.07) is 0. The molecule has 0 atom stereocenters. The van der Waals surface area contributed by atoms with Crippen molar-refractivity contribution >= 4 is 17.9 Å². The zero-order chi connectivity index (χ0) is 13.6. The summed E-state index contributed by atoms with van der Waals surface area (Å²) in [7, 11) is 0. The zero-order valence-corrected chi connectivity index (χ0v) is 12.6. The summed E-state index contributed by atoms with van der Waals surface area (Å²) in [5.74, 6) is 2.92. The number of hydrogen-bond donors (Lipinski definition) is 1. The number of ether oxygens (including phenoxy) is 1. The van der Waals surface area contributed by atoms with Crippen molar-refractivity contribution in [3.8, 4) is 0 Å². The molecule has 0 aliphatic carbocycles. The van der Waals surface area contributed by atoms with Crippen molar-refractivity contribution in [3.05, 3.63) is 0 Å². The maximum absolute atomic E-state index is 11.9. The van der Waals surface area contributed by atoms with E-state index >= 15 is 0 Å². The van der Waals surface area contributed by atoms with Gasteiger partial charge in [-0.2, -0.15) is 11.8 Å². The Balaban J connectivity index is 2.24. The van der Waals surface area contributed by atoms with E-state index in [1.165, 1.54) is 5.75 Å². The van der Waals surface area contributed by atoms with Crippen LogP contribution in [-0.2, 0) is 4.74 Å². The van der Waals surface area contributed by atoms with Crippen LogP contribution in [0.1, 0.15) is 33.6 Å². The summed E-state index contributed by atoms with van der Waals surface area (Å²) in [6.45, 7) is 8.11. The largest absolute Gasteiger partial charge is 0.444 e. The van der Waals surface area contributed by atoms with E-state index in [4.69, 9.17) is 10.5 Å². The first kappa shape index (κ1) is 15.6. The molecule has 4 nitrogen and oxygen atoms in total. The molecular weight excluding hydrogens is 248 g/mol. The van der Waals surface area contributed by atoms with E-state index in [1.54, 1.807) is 0 Å². The topological polar surface area (TPSA) is 55.6 Å². The Labute approximate surface area is 115 Å². The van der Waals surface area contributed by atoms with E-state index in [9.17, 15) is 4.79 Å². The predicted octanol–water partition coefficient (Wildman–Crippen LogP) is 2.33. The molecular formula is C13H26N2O2S. The van der Waals surface area contributed by atoms with Crippen LogP contribution >= 0.6 is 11.8 Å². The van der Waals surface area contributed by atoms with Gasteiger partial charge in [-0.05, 0) is 45.3 Å². The lowest BCUT2D eigenvalue weighted by atomic mass is 9.99. The second kappa shape index (κ2) is 7.24. The van der Waals surface area contributed by atoms with Gasteiger partial charge in [0, 0.05) is 25.4 Å². The average Bonchev–Trinajstić information content (AvgIpc) is 2.28. The van der Waals surface area contributed by atoms with Gasteiger partial charge in [-0.25, -0.2) is 4.79 Å². The molecule has 0 radical (unpaired) electrons. The quantitative estimate of drug-likeness (QED) is 0.799. The third-order valence-electron chi connectivity index (χ3n) is 2.88. The molecule has 1 aliphatic rings. The highest BCUT2D eigenvalue weighted by Crippen LogP contribution is 2.22. The lowest BCUT2D eigenvalue weighted by Crippen LogP contribution is -2.42. The first-order chi connectivity index (χ1) is 8.42. The number of nitrogens with zero attached hydrogens (tertiary/aromatic N) is 1. The summed E-state index contributed by atoms with van der Waals surface area (Å²) in [5.41, 5.74) is 5.08. The van der Waals surface area contributed by atoms with Crippen LogP contribution in [0.4, 0.5) is 4.79 Å². The van der Waals surface area contributed by atoms with Crippen molar-refractivity contribution in [2.45, 2.75) is 39.2 Å². The summed E-state index contributed by atoms with van der Waals surface area (Å²) in [5, 5.41) is 0. The maximum Gasteiger partial charge on any atom is 0.410 e. The minimum Gasteiger partial charge on any atom is -0.444 e. The van der Waals surface area contributed by atoms with Crippen LogP contribution in [0.3, 0.4) is 0 Å². The molecule has 1 saturated heterocycles. The summed E-state index contributed by atoms with van der Waals surface area (Å²) in [4.78, 5) is 13.7. The van der Waals surface area contributed by atoms with Gasteiger partial charge in [-0.1, -0.05) is 0 Å². The highest BCUT2D eigenvalue weighted by molar-refractivity contribution is 7.99. The molecule has 0 aromatic carbocycles. The van der Waals surface area contributed by atoms with Crippen LogP contribution < -0.4 is 5.73 Å². The SMILES string of the molecule is CC(C)(C)OC(=O)N1CCC(CSCCN)CC1. The zero-order valence-electron chi connectivity index (χ0n) is 11.8. The lowest BCUT2D eigenvalue weighted by Gasteiger charge is -2.33. The van der Waals surface area contributed by atoms with E-state index in [0.717, 1.165) is 44.1 Å². The average molecular weight is 274 g/mol. The van der Waals surface area contributed by atoms with Crippen LogP contribution in [0.5, 0.6) is 0 Å². The summed E-state index contributed by atoms with van der Waals surface area (Å²) in [6.07, 6.45) is 1.99. The Morgan fingerprint density at radius 1 is 1.39 bits per heavy atom. The fraction of sp³-hybridized carbons (Fsp3) is 0.923. The summed E-state index contributed by atoms with van der Waals surface area (Å²) >= 11 is 1.92. The van der Waals surface area contributed by atoms with Crippen molar-refractivity contribution in [1.82, 2.24) is 4.90 Å². The van der Waals surface area contributed by atoms with Gasteiger partial charge < -0.3 is 15.4 Å². The van der Waals surface area contributed by atoms with Gasteiger partial charge in [0.15, 0.2) is 0 Å². The molecule has 0 unspecified atom stereocenters. The Morgan fingerprint density at radius 3 is 2.50 bits per heavy atom. The lowest BCUT2D eigenvalue weighted by molar-refractivity contribution is 0.0191. The first-order valence-electron chi connectivity index (χ1n) is 6.68. The van der Waals surface area contributed by atoms with Crippen LogP contribution in [0.25, 0.3) is 0 Å². The molecule has 1 aliphatic heterocycles. The number of rotatable bonds is 4. The monoisotopic (exact) mass is 274 g/mol. The third-order valence-corrected chi connectivity index (χ3v) is 4.11. The molecule has 0 saturated carbocycles. The molecule has 5 heteroatoms. The number of likely N-dealkylation sites (tertiary alicyclic amines) is 1. The molecule has 1 fully saturated rings. The number of piperidine rings is 1. The van der Waals surface area contributed by atoms with Gasteiger partial charge in [0.1, 0.15) is 5.60 Å². The van der Waals surface area contributed by atoms with Crippen molar-refractivity contribution in [2.24, 2.45) is 11.7 Å². The Morgan fingerprint density at radius 2 is 2.00 bits per heavy atom. The van der Waals surface area contributed by atoms with Crippen LogP contribution in [0.2, 0.25) is 0 Å². The molecule has 0 aromatic rings. The molecule has 1 amide bonds. The standard InChI is InChI=1S/C13H26N2O2S/c1-13(2,3)17-12(16)15-7-4-11(5-8-15)10-18-9-6-14/h11H,4-10,14H2,1-3H3. The van der Waals surface area contributed by atoms with Crippen molar-refractivity contribution in [2.75, 3.05) is 31.1 Å². The van der Waals surface area contributed by atoms with E-state index in [-0.39, 0.29) is 6.09 Å². The summed E-state index contributed by atoms with van der Waals surface area (Å²) < 4.78 is 5.38. The van der Waals surface area contributed by atoms with Crippen LogP contribution in [0, 0.1) is 5.92 Å². The fourth-order valence-electron chi connectivity index (χ4n) is 1.94. The highest BCUT2D eigenvalue weighted by atomic mass is 32.2. The van der Waals surface area contributed by atoms with Crippen molar-refractivity contribution < 1.29 is 9.53 Å². The normalized spacial score (nSPS) is 17.9. The van der Waals surface area contributed by atoms with Crippen molar-refractivity contribution in [3.63, 3.8) is 0 Å². The third kappa shape index (κ3) is 5.96. The number of amides is 1. The number of hydrogen-bond acceptors (Lipinski definition) is 4. The van der Waals surface area contributed by atoms with Gasteiger partial charge in [0.2, 0.25) is 0 Å². The van der Waals surface area contributed by atoms with Gasteiger partial charge in [0.05, 0.1) is 0 Å². The molecule has 0 bridgehead atoms. The van der Waals surface area contributed by atoms with Gasteiger partial charge in [-0.15, -0.1) is 0 Å². The van der Waals surface area contributed by atoms with Crippen LogP contribution in [0.15, 0.2) is 0 Å². The minimum absolute atomic E-state index is 0.171. The Hall–Kier alpha value is -0.420. The molecule has 0 spiro atoms. The second-order valence-corrected chi connectivity index (χ2v) is 6.92. The minimum atomic E-state index is -0.398. The van der Waals surface area contributed by atoms with E-state index < -0.39 is 5.60 Å². The highest BCUT2D eigenvalue weighted by Gasteiger charge is 2.26. The number of carbonyl (C=O) groups is 1. The van der Waals surface area contributed by atoms with E-state index in [0.29, 0.717) is 0 Å². The van der Waals surface area contributed by atoms with Gasteiger partial charge in [0.25, 0.3) is 0 Å². The molecule has 106 valence electrons. The second-order valence-electron chi connectivity index (χ2n) is 5.77. The van der Waals surface area contributed by atoms with E-state index in [2.05, 4.69) is 0 Å². The van der Waals surface area contributed by atoms with Gasteiger partial charge in [-0.3, -0.25) is 0 Å². The maximum atomic E-state index is 11.9. The molecule has 1 heterocycles.